The van der Waals surface area contributed by atoms with Crippen molar-refractivity contribution in [1.29, 1.82) is 0 Å². The molecule has 3 unspecified atom stereocenters. The van der Waals surface area contributed by atoms with Crippen molar-refractivity contribution in [3.63, 3.8) is 0 Å². The highest BCUT2D eigenvalue weighted by Crippen LogP contribution is 2.42. The molecule has 3 fully saturated rings. The van der Waals surface area contributed by atoms with Crippen molar-refractivity contribution in [2.75, 3.05) is 26.4 Å². The summed E-state index contributed by atoms with van der Waals surface area (Å²) in [5, 5.41) is 26.1. The Morgan fingerprint density at radius 2 is 2.10 bits per heavy atom. The molecule has 9 heteroatoms. The predicted molar refractivity (Wildman–Crippen MR) is 116 cm³/mol. The molecule has 0 radical (unpaired) electrons. The van der Waals surface area contributed by atoms with Crippen LogP contribution in [-0.2, 0) is 15.9 Å². The first kappa shape index (κ1) is 22.0. The number of nitrogens with one attached hydrogen (secondary N) is 1. The van der Waals surface area contributed by atoms with E-state index < -0.39 is 30.6 Å². The number of halogens is 1. The van der Waals surface area contributed by atoms with Gasteiger partial charge in [-0.3, -0.25) is 15.1 Å². The summed E-state index contributed by atoms with van der Waals surface area (Å²) in [5.41, 5.74) is 9.40. The molecule has 4 aliphatic rings. The molecule has 5 rings (SSSR count). The van der Waals surface area contributed by atoms with Crippen LogP contribution in [0, 0.1) is 12.8 Å². The van der Waals surface area contributed by atoms with E-state index in [4.69, 9.17) is 26.8 Å². The number of fused-ring (bicyclic) bond motifs is 2. The zero-order chi connectivity index (χ0) is 21.9. The number of aliphatic hydroxyl groups excluding tert-OH is 2. The van der Waals surface area contributed by atoms with E-state index >= 15 is 0 Å². The topological polar surface area (TPSA) is 103 Å². The van der Waals surface area contributed by atoms with Crippen LogP contribution < -0.4 is 11.1 Å². The van der Waals surface area contributed by atoms with Crippen LogP contribution in [0.1, 0.15) is 36.1 Å². The van der Waals surface area contributed by atoms with Gasteiger partial charge in [-0.2, -0.15) is 0 Å². The number of aliphatic hydroxyl groups is 2. The van der Waals surface area contributed by atoms with Gasteiger partial charge >= 0.3 is 0 Å². The van der Waals surface area contributed by atoms with Gasteiger partial charge in [0.2, 0.25) is 0 Å². The quantitative estimate of drug-likeness (QED) is 0.526. The number of hydrogen-bond acceptors (Lipinski definition) is 8. The monoisotopic (exact) mass is 452 g/mol. The number of likely N-dealkylation sites (tertiary alicyclic amines) is 1. The summed E-state index contributed by atoms with van der Waals surface area (Å²) in [5.74, 6) is 0.247. The van der Waals surface area contributed by atoms with Crippen LogP contribution in [0.4, 0.5) is 0 Å². The second-order valence-corrected chi connectivity index (χ2v) is 9.62. The molecule has 8 atom stereocenters. The number of nitrogens with zero attached hydrogens (tertiary/aromatic N) is 2. The first-order valence-electron chi connectivity index (χ1n) is 11.3. The van der Waals surface area contributed by atoms with Crippen LogP contribution in [0.3, 0.4) is 0 Å². The van der Waals surface area contributed by atoms with E-state index in [1.165, 1.54) is 0 Å². The van der Waals surface area contributed by atoms with Crippen LogP contribution in [0.15, 0.2) is 12.1 Å². The molecule has 1 aromatic carbocycles. The zero-order valence-electron chi connectivity index (χ0n) is 18.1. The lowest BCUT2D eigenvalue weighted by atomic mass is 9.90. The van der Waals surface area contributed by atoms with Crippen molar-refractivity contribution >= 4 is 11.6 Å². The lowest BCUT2D eigenvalue weighted by Crippen LogP contribution is -2.65. The third kappa shape index (κ3) is 3.62. The Bertz CT molecular complexity index is 829. The Kier molecular flexibility index (Phi) is 6.05. The van der Waals surface area contributed by atoms with Gasteiger partial charge in [-0.15, -0.1) is 0 Å². The molecule has 172 valence electrons. The van der Waals surface area contributed by atoms with E-state index in [1.54, 1.807) is 0 Å². The van der Waals surface area contributed by atoms with E-state index in [-0.39, 0.29) is 18.2 Å². The van der Waals surface area contributed by atoms with Crippen molar-refractivity contribution < 1.29 is 19.7 Å². The molecule has 5 N–H and O–H groups in total. The van der Waals surface area contributed by atoms with Gasteiger partial charge in [-0.05, 0) is 49.1 Å². The third-order valence-corrected chi connectivity index (χ3v) is 7.92. The molecule has 4 aliphatic heterocycles. The summed E-state index contributed by atoms with van der Waals surface area (Å²) in [7, 11) is 0. The average Bonchev–Trinajstić information content (AvgIpc) is 3.32. The largest absolute Gasteiger partial charge is 0.387 e. The second kappa shape index (κ2) is 8.52. The molecule has 3 saturated heterocycles. The summed E-state index contributed by atoms with van der Waals surface area (Å²) in [6, 6.07) is 4.01. The van der Waals surface area contributed by atoms with Gasteiger partial charge in [0.1, 0.15) is 30.6 Å². The minimum atomic E-state index is -1.04. The van der Waals surface area contributed by atoms with Crippen molar-refractivity contribution in [3.8, 4) is 0 Å². The van der Waals surface area contributed by atoms with Gasteiger partial charge in [0.05, 0.1) is 25.6 Å². The Labute approximate surface area is 188 Å². The van der Waals surface area contributed by atoms with E-state index in [0.717, 1.165) is 47.6 Å². The highest BCUT2D eigenvalue weighted by molar-refractivity contribution is 6.31. The van der Waals surface area contributed by atoms with Crippen LogP contribution in [0.5, 0.6) is 0 Å². The van der Waals surface area contributed by atoms with Crippen LogP contribution in [0.2, 0.25) is 5.02 Å². The molecule has 0 saturated carbocycles. The first-order valence-corrected chi connectivity index (χ1v) is 11.7. The van der Waals surface area contributed by atoms with Gasteiger partial charge in [-0.25, -0.2) is 0 Å². The van der Waals surface area contributed by atoms with Crippen molar-refractivity contribution in [3.05, 3.63) is 33.8 Å². The molecule has 31 heavy (non-hydrogen) atoms. The number of benzene rings is 1. The Balaban J connectivity index is 1.41. The number of rotatable bonds is 3. The van der Waals surface area contributed by atoms with Crippen LogP contribution in [0.25, 0.3) is 0 Å². The van der Waals surface area contributed by atoms with Crippen molar-refractivity contribution in [1.82, 2.24) is 15.1 Å². The van der Waals surface area contributed by atoms with Crippen LogP contribution in [-0.4, -0.2) is 83.2 Å². The smallest absolute Gasteiger partial charge is 0.141 e. The van der Waals surface area contributed by atoms with Gasteiger partial charge in [0.15, 0.2) is 0 Å². The Morgan fingerprint density at radius 1 is 1.29 bits per heavy atom. The maximum absolute atomic E-state index is 11.0. The second-order valence-electron chi connectivity index (χ2n) is 9.21. The number of ether oxygens (including phenoxy) is 2. The standard InChI is InChI=1S/C22H33ClN4O4/c1-3-26-10-25-20(24)13-4-6-27(21(13)26)22-17(29)16(28)19(31-22)18-14-8-11(2)15(23)9-12(14)5-7-30-18/h8-9,13,16-22,25,28-29H,3-7,10,24H2,1-2H3/t13?,16-,17+,18+,19-,20?,21?,22+/m0/s1. The van der Waals surface area contributed by atoms with Crippen LogP contribution >= 0.6 is 11.6 Å². The Hall–Kier alpha value is -0.810. The minimum absolute atomic E-state index is 0.0764. The lowest BCUT2D eigenvalue weighted by Gasteiger charge is -2.46. The van der Waals surface area contributed by atoms with E-state index in [1.807, 2.05) is 19.1 Å². The predicted octanol–water partition coefficient (Wildman–Crippen LogP) is 0.524. The van der Waals surface area contributed by atoms with Gasteiger partial charge < -0.3 is 25.4 Å². The fourth-order valence-electron chi connectivity index (χ4n) is 5.81. The highest BCUT2D eigenvalue weighted by atomic mass is 35.5. The molecular formula is C22H33ClN4O4. The molecule has 0 spiro atoms. The molecule has 1 aromatic rings. The van der Waals surface area contributed by atoms with E-state index in [2.05, 4.69) is 22.0 Å². The molecule has 0 amide bonds. The van der Waals surface area contributed by atoms with E-state index in [9.17, 15) is 10.2 Å². The normalized spacial score (nSPS) is 41.4. The molecular weight excluding hydrogens is 420 g/mol. The molecule has 0 aliphatic carbocycles. The summed E-state index contributed by atoms with van der Waals surface area (Å²) in [6.45, 7) is 6.94. The fraction of sp³-hybridized carbons (Fsp3) is 0.727. The summed E-state index contributed by atoms with van der Waals surface area (Å²) < 4.78 is 12.5. The van der Waals surface area contributed by atoms with Gasteiger partial charge in [0, 0.05) is 17.5 Å². The zero-order valence-corrected chi connectivity index (χ0v) is 18.8. The summed E-state index contributed by atoms with van der Waals surface area (Å²) >= 11 is 6.33. The maximum atomic E-state index is 11.0. The SMILES string of the molecule is CCN1CNC(N)C2CCN([C@@H]3O[C@H]([C@@H]4OCCc5cc(Cl)c(C)cc54)[C@@H](O)[C@H]3O)C21. The average molecular weight is 453 g/mol. The van der Waals surface area contributed by atoms with E-state index in [0.29, 0.717) is 13.3 Å². The molecule has 0 aromatic heterocycles. The molecule has 0 bridgehead atoms. The van der Waals surface area contributed by atoms with Crippen molar-refractivity contribution in [2.24, 2.45) is 11.7 Å². The maximum Gasteiger partial charge on any atom is 0.141 e. The van der Waals surface area contributed by atoms with Crippen molar-refractivity contribution in [2.45, 2.75) is 69.7 Å². The Morgan fingerprint density at radius 3 is 2.87 bits per heavy atom. The number of hydrogen-bond donors (Lipinski definition) is 4. The van der Waals surface area contributed by atoms with Gasteiger partial charge in [0.25, 0.3) is 0 Å². The fourth-order valence-corrected chi connectivity index (χ4v) is 6.00. The highest BCUT2D eigenvalue weighted by Gasteiger charge is 2.55. The van der Waals surface area contributed by atoms with Gasteiger partial charge in [-0.1, -0.05) is 24.6 Å². The first-order chi connectivity index (χ1) is 14.9. The summed E-state index contributed by atoms with van der Waals surface area (Å²) in [6.07, 6.45) is -2.06. The summed E-state index contributed by atoms with van der Waals surface area (Å²) in [4.78, 5) is 4.49. The lowest BCUT2D eigenvalue weighted by molar-refractivity contribution is -0.157. The number of nitrogens with two attached hydrogens (primary N) is 1. The molecule has 4 heterocycles. The third-order valence-electron chi connectivity index (χ3n) is 7.51. The molecule has 8 nitrogen and oxygen atoms in total. The number of aryl methyl sites for hydroxylation is 1. The minimum Gasteiger partial charge on any atom is -0.387 e.